The van der Waals surface area contributed by atoms with Gasteiger partial charge in [0.15, 0.2) is 12.2 Å². The number of aliphatic hydroxyl groups is 1. The fraction of sp³-hybridized carbons (Fsp3) is 0.941. The van der Waals surface area contributed by atoms with E-state index in [4.69, 9.17) is 37.0 Å². The summed E-state index contributed by atoms with van der Waals surface area (Å²) in [4.78, 5) is 72.4. The minimum absolute atomic E-state index is 0.102. The van der Waals surface area contributed by atoms with Crippen LogP contribution in [-0.4, -0.2) is 96.7 Å². The highest BCUT2D eigenvalue weighted by molar-refractivity contribution is 7.47. The molecule has 0 amide bonds. The van der Waals surface area contributed by atoms with E-state index in [2.05, 4.69) is 55.4 Å². The first-order chi connectivity index (χ1) is 41.6. The van der Waals surface area contributed by atoms with E-state index in [1.807, 2.05) is 0 Å². The van der Waals surface area contributed by atoms with Crippen molar-refractivity contribution < 1.29 is 80.2 Å². The largest absolute Gasteiger partial charge is 0.472 e. The number of phosphoric ester groups is 2. The van der Waals surface area contributed by atoms with Gasteiger partial charge in [0.2, 0.25) is 0 Å². The first-order valence-electron chi connectivity index (χ1n) is 35.2. The number of unbranched alkanes of at least 4 members (excludes halogenated alkanes) is 30. The molecule has 0 saturated heterocycles. The monoisotopic (exact) mass is 1280 g/mol. The third kappa shape index (κ3) is 61.3. The molecule has 0 fully saturated rings. The normalized spacial score (nSPS) is 14.6. The van der Waals surface area contributed by atoms with Gasteiger partial charge in [-0.25, -0.2) is 9.13 Å². The summed E-state index contributed by atoms with van der Waals surface area (Å²) < 4.78 is 68.1. The maximum atomic E-state index is 13.0. The van der Waals surface area contributed by atoms with Gasteiger partial charge in [0.05, 0.1) is 26.4 Å². The predicted molar refractivity (Wildman–Crippen MR) is 349 cm³/mol. The first-order valence-corrected chi connectivity index (χ1v) is 38.2. The topological polar surface area (TPSA) is 237 Å². The van der Waals surface area contributed by atoms with Crippen LogP contribution in [0.5, 0.6) is 0 Å². The van der Waals surface area contributed by atoms with Crippen LogP contribution in [0.25, 0.3) is 0 Å². The third-order valence-corrected chi connectivity index (χ3v) is 17.8. The summed E-state index contributed by atoms with van der Waals surface area (Å²) in [6, 6.07) is 0. The van der Waals surface area contributed by atoms with Crippen molar-refractivity contribution in [2.45, 2.75) is 350 Å². The Morgan fingerprint density at radius 3 is 0.816 bits per heavy atom. The number of hydrogen-bond acceptors (Lipinski definition) is 15. The van der Waals surface area contributed by atoms with Crippen molar-refractivity contribution in [1.82, 2.24) is 0 Å². The molecule has 0 aromatic carbocycles. The molecule has 0 saturated carbocycles. The smallest absolute Gasteiger partial charge is 0.462 e. The Labute approximate surface area is 530 Å². The van der Waals surface area contributed by atoms with Gasteiger partial charge >= 0.3 is 39.5 Å². The number of esters is 4. The maximum Gasteiger partial charge on any atom is 0.472 e. The number of phosphoric acid groups is 2. The average Bonchev–Trinajstić information content (AvgIpc) is 3.56. The number of carbonyl (C=O) groups excluding carboxylic acids is 4. The van der Waals surface area contributed by atoms with Gasteiger partial charge in [-0.15, -0.1) is 0 Å². The standard InChI is InChI=1S/C68H132O17P2/c1-9-61(8)47-39-31-22-16-13-14-17-23-32-40-48-65(70)78-54-63(84-67(72)50-42-34-24-18-12-10-11-15-20-28-36-44-58(2)3)56-82-86(74,75)80-52-62(69)53-81-87(76,77)83-57-64(55-79-66(71)49-41-33-27-26-30-38-46-60(6)7)85-68(73)51-43-35-25-19-21-29-37-45-59(4)5/h58-64,69H,9-57H2,1-8H3,(H,74,75)(H,76,77)/t61?,62-,63-,64-/m1/s1. The summed E-state index contributed by atoms with van der Waals surface area (Å²) in [6.07, 6.45) is 39.1. The average molecular weight is 1280 g/mol. The molecule has 6 atom stereocenters. The lowest BCUT2D eigenvalue weighted by Crippen LogP contribution is -2.30. The zero-order valence-electron chi connectivity index (χ0n) is 56.6. The van der Waals surface area contributed by atoms with Crippen LogP contribution in [0.4, 0.5) is 0 Å². The molecule has 0 rings (SSSR count). The van der Waals surface area contributed by atoms with Gasteiger partial charge in [0.25, 0.3) is 0 Å². The molecule has 19 heteroatoms. The van der Waals surface area contributed by atoms with Gasteiger partial charge in [-0.1, -0.05) is 280 Å². The van der Waals surface area contributed by atoms with Crippen LogP contribution in [0.1, 0.15) is 331 Å². The number of carbonyl (C=O) groups is 4. The summed E-state index contributed by atoms with van der Waals surface area (Å²) in [7, 11) is -9.90. The Morgan fingerprint density at radius 1 is 0.322 bits per heavy atom. The summed E-state index contributed by atoms with van der Waals surface area (Å²) >= 11 is 0. The van der Waals surface area contributed by atoms with Crippen LogP contribution >= 0.6 is 15.6 Å². The fourth-order valence-electron chi connectivity index (χ4n) is 10.1. The molecule has 0 aromatic heterocycles. The van der Waals surface area contributed by atoms with E-state index in [9.17, 15) is 43.2 Å². The highest BCUT2D eigenvalue weighted by Gasteiger charge is 2.30. The second-order valence-electron chi connectivity index (χ2n) is 26.2. The van der Waals surface area contributed by atoms with E-state index < -0.39 is 97.5 Å². The first kappa shape index (κ1) is 85.1. The molecule has 0 radical (unpaired) electrons. The van der Waals surface area contributed by atoms with Crippen molar-refractivity contribution in [2.24, 2.45) is 23.7 Å². The second kappa shape index (κ2) is 57.9. The minimum Gasteiger partial charge on any atom is -0.462 e. The van der Waals surface area contributed by atoms with Crippen LogP contribution in [0.15, 0.2) is 0 Å². The lowest BCUT2D eigenvalue weighted by Gasteiger charge is -2.21. The van der Waals surface area contributed by atoms with Gasteiger partial charge in [-0.2, -0.15) is 0 Å². The highest BCUT2D eigenvalue weighted by atomic mass is 31.2. The van der Waals surface area contributed by atoms with E-state index in [1.54, 1.807) is 0 Å². The molecule has 0 bridgehead atoms. The van der Waals surface area contributed by atoms with Gasteiger partial charge < -0.3 is 33.8 Å². The third-order valence-electron chi connectivity index (χ3n) is 15.9. The Morgan fingerprint density at radius 2 is 0.552 bits per heavy atom. The Hall–Kier alpha value is -1.94. The summed E-state index contributed by atoms with van der Waals surface area (Å²) in [6.45, 7) is 14.0. The van der Waals surface area contributed by atoms with E-state index >= 15 is 0 Å². The maximum absolute atomic E-state index is 13.0. The SMILES string of the molecule is CCC(C)CCCCCCCCCCCCC(=O)OC[C@H](COP(=O)(O)OC[C@@H](O)COP(=O)(O)OC[C@@H](COC(=O)CCCCCCCCC(C)C)OC(=O)CCCCCCCCCC(C)C)OC(=O)CCCCCCCCCCCCCC(C)C. The molecule has 3 unspecified atom stereocenters. The van der Waals surface area contributed by atoms with Crippen molar-refractivity contribution in [2.75, 3.05) is 39.6 Å². The van der Waals surface area contributed by atoms with Crippen LogP contribution in [-0.2, 0) is 65.4 Å². The molecule has 87 heavy (non-hydrogen) atoms. The molecule has 0 spiro atoms. The summed E-state index contributed by atoms with van der Waals surface area (Å²) in [5, 5.41) is 10.6. The quantitative estimate of drug-likeness (QED) is 0.0222. The lowest BCUT2D eigenvalue weighted by atomic mass is 9.99. The van der Waals surface area contributed by atoms with Gasteiger partial charge in [0.1, 0.15) is 19.3 Å². The van der Waals surface area contributed by atoms with Crippen LogP contribution in [0.2, 0.25) is 0 Å². The van der Waals surface area contributed by atoms with Crippen molar-refractivity contribution in [3.05, 3.63) is 0 Å². The lowest BCUT2D eigenvalue weighted by molar-refractivity contribution is -0.161. The van der Waals surface area contributed by atoms with Crippen LogP contribution < -0.4 is 0 Å². The molecular formula is C68H132O17P2. The molecule has 0 heterocycles. The number of ether oxygens (including phenoxy) is 4. The van der Waals surface area contributed by atoms with Gasteiger partial charge in [-0.3, -0.25) is 37.3 Å². The Bertz CT molecular complexity index is 1730. The number of aliphatic hydroxyl groups excluding tert-OH is 1. The van der Waals surface area contributed by atoms with Gasteiger partial charge in [0, 0.05) is 25.7 Å². The zero-order chi connectivity index (χ0) is 64.7. The molecule has 3 N–H and O–H groups in total. The van der Waals surface area contributed by atoms with E-state index in [-0.39, 0.29) is 25.7 Å². The predicted octanol–water partition coefficient (Wildman–Crippen LogP) is 18.9. The van der Waals surface area contributed by atoms with Crippen molar-refractivity contribution >= 4 is 39.5 Å². The minimum atomic E-state index is -4.95. The zero-order valence-corrected chi connectivity index (χ0v) is 58.4. The van der Waals surface area contributed by atoms with E-state index in [1.165, 1.54) is 128 Å². The van der Waals surface area contributed by atoms with Gasteiger partial charge in [-0.05, 0) is 49.4 Å². The van der Waals surface area contributed by atoms with Crippen molar-refractivity contribution in [3.63, 3.8) is 0 Å². The summed E-state index contributed by atoms with van der Waals surface area (Å²) in [5.41, 5.74) is 0. The molecule has 0 aliphatic rings. The molecule has 516 valence electrons. The highest BCUT2D eigenvalue weighted by Crippen LogP contribution is 2.45. The van der Waals surface area contributed by atoms with E-state index in [0.29, 0.717) is 37.5 Å². The second-order valence-corrected chi connectivity index (χ2v) is 29.1. The van der Waals surface area contributed by atoms with Crippen LogP contribution in [0.3, 0.4) is 0 Å². The molecule has 0 aliphatic heterocycles. The van der Waals surface area contributed by atoms with Crippen molar-refractivity contribution in [1.29, 1.82) is 0 Å². The van der Waals surface area contributed by atoms with Crippen molar-refractivity contribution in [3.8, 4) is 0 Å². The summed E-state index contributed by atoms with van der Waals surface area (Å²) in [5.74, 6) is 0.814. The van der Waals surface area contributed by atoms with E-state index in [0.717, 1.165) is 108 Å². The molecule has 17 nitrogen and oxygen atoms in total. The molecule has 0 aliphatic carbocycles. The molecule has 0 aromatic rings. The Balaban J connectivity index is 5.25. The van der Waals surface area contributed by atoms with Crippen LogP contribution in [0, 0.1) is 23.7 Å². The fourth-order valence-corrected chi connectivity index (χ4v) is 11.7. The Kier molecular flexibility index (Phi) is 56.6. The number of rotatable bonds is 65. The molecular weight excluding hydrogens is 1150 g/mol. The number of hydrogen-bond donors (Lipinski definition) is 3.